The Labute approximate surface area is 92.2 Å². The Bertz CT molecular complexity index is 395. The minimum absolute atomic E-state index is 0.387. The van der Waals surface area contributed by atoms with Crippen LogP contribution in [-0.2, 0) is 12.7 Å². The maximum absolute atomic E-state index is 12.4. The second-order valence-corrected chi connectivity index (χ2v) is 3.29. The predicted octanol–water partition coefficient (Wildman–Crippen LogP) is 3.67. The third-order valence-corrected chi connectivity index (χ3v) is 2.08. The number of rotatable bonds is 2. The molecule has 1 heterocycles. The molecule has 8 heteroatoms. The topological polar surface area (TPSA) is 42.3 Å². The second kappa shape index (κ2) is 4.32. The van der Waals surface area contributed by atoms with E-state index in [0.29, 0.717) is 6.07 Å². The highest BCUT2D eigenvalue weighted by Crippen LogP contribution is 2.36. The van der Waals surface area contributed by atoms with Crippen molar-refractivity contribution < 1.29 is 13.2 Å². The number of hydrogen-bond donors (Lipinski definition) is 0. The van der Waals surface area contributed by atoms with Gasteiger partial charge in [0.2, 0.25) is 0 Å². The third-order valence-electron chi connectivity index (χ3n) is 1.57. The normalized spacial score (nSPS) is 11.5. The Morgan fingerprint density at radius 1 is 1.40 bits per heavy atom. The van der Waals surface area contributed by atoms with E-state index in [-0.39, 0.29) is 5.15 Å². The van der Waals surface area contributed by atoms with Crippen LogP contribution in [0.5, 0.6) is 0 Å². The molecule has 1 aromatic rings. The minimum Gasteiger partial charge on any atom is -0.224 e. The number of pyridine rings is 1. The van der Waals surface area contributed by atoms with Crippen molar-refractivity contribution in [3.8, 4) is 0 Å². The van der Waals surface area contributed by atoms with Crippen molar-refractivity contribution in [2.24, 2.45) is 5.18 Å². The highest BCUT2D eigenvalue weighted by Gasteiger charge is 2.35. The summed E-state index contributed by atoms with van der Waals surface area (Å²) in [7, 11) is 0. The van der Waals surface area contributed by atoms with Crippen molar-refractivity contribution in [3.63, 3.8) is 0 Å². The van der Waals surface area contributed by atoms with E-state index in [1.807, 2.05) is 0 Å². The summed E-state index contributed by atoms with van der Waals surface area (Å²) < 4.78 is 37.3. The maximum Gasteiger partial charge on any atom is 0.416 e. The van der Waals surface area contributed by atoms with Crippen LogP contribution in [0.4, 0.5) is 13.2 Å². The van der Waals surface area contributed by atoms with Crippen molar-refractivity contribution >= 4 is 23.2 Å². The van der Waals surface area contributed by atoms with Crippen molar-refractivity contribution in [2.75, 3.05) is 0 Å². The van der Waals surface area contributed by atoms with Crippen molar-refractivity contribution in [2.45, 2.75) is 12.7 Å². The second-order valence-electron chi connectivity index (χ2n) is 2.55. The summed E-state index contributed by atoms with van der Waals surface area (Å²) in [6.07, 6.45) is -4.64. The third kappa shape index (κ3) is 2.79. The van der Waals surface area contributed by atoms with Gasteiger partial charge in [0.25, 0.3) is 0 Å². The molecular formula is C7H3Cl2F3N2O. The molecule has 0 bridgehead atoms. The fourth-order valence-corrected chi connectivity index (χ4v) is 1.47. The van der Waals surface area contributed by atoms with Gasteiger partial charge in [-0.1, -0.05) is 28.4 Å². The SMILES string of the molecule is O=NCc1c(C(F)(F)F)cc(Cl)nc1Cl. The summed E-state index contributed by atoms with van der Waals surface area (Å²) in [5, 5.41) is 1.50. The van der Waals surface area contributed by atoms with Crippen molar-refractivity contribution in [1.29, 1.82) is 0 Å². The molecular weight excluding hydrogens is 256 g/mol. The van der Waals surface area contributed by atoms with Gasteiger partial charge in [-0.05, 0) is 6.07 Å². The molecule has 0 saturated heterocycles. The molecule has 0 spiro atoms. The molecule has 0 N–H and O–H groups in total. The summed E-state index contributed by atoms with van der Waals surface area (Å²) in [6, 6.07) is 0.605. The number of nitroso groups, excluding NO2 is 1. The first-order valence-electron chi connectivity index (χ1n) is 3.57. The van der Waals surface area contributed by atoms with Gasteiger partial charge >= 0.3 is 6.18 Å². The van der Waals surface area contributed by atoms with Gasteiger partial charge in [-0.3, -0.25) is 0 Å². The van der Waals surface area contributed by atoms with E-state index in [4.69, 9.17) is 23.2 Å². The number of alkyl halides is 3. The zero-order valence-corrected chi connectivity index (χ0v) is 8.49. The molecule has 82 valence electrons. The van der Waals surface area contributed by atoms with Crippen LogP contribution in [0.2, 0.25) is 10.3 Å². The first kappa shape index (κ1) is 12.2. The molecule has 0 aliphatic rings. The quantitative estimate of drug-likeness (QED) is 0.600. The molecule has 0 aromatic carbocycles. The lowest BCUT2D eigenvalue weighted by molar-refractivity contribution is -0.138. The summed E-state index contributed by atoms with van der Waals surface area (Å²) in [6.45, 7) is -0.697. The molecule has 0 saturated carbocycles. The van der Waals surface area contributed by atoms with Crippen LogP contribution >= 0.6 is 23.2 Å². The molecule has 0 aliphatic heterocycles. The first-order valence-corrected chi connectivity index (χ1v) is 4.33. The first-order chi connectivity index (χ1) is 6.86. The van der Waals surface area contributed by atoms with E-state index in [2.05, 4.69) is 10.2 Å². The van der Waals surface area contributed by atoms with Crippen molar-refractivity contribution in [1.82, 2.24) is 4.98 Å². The number of hydrogen-bond acceptors (Lipinski definition) is 3. The van der Waals surface area contributed by atoms with Gasteiger partial charge in [-0.25, -0.2) is 4.98 Å². The molecule has 0 amide bonds. The molecule has 3 nitrogen and oxygen atoms in total. The molecule has 15 heavy (non-hydrogen) atoms. The zero-order valence-electron chi connectivity index (χ0n) is 6.98. The maximum atomic E-state index is 12.4. The van der Waals surface area contributed by atoms with Crippen LogP contribution in [-0.4, -0.2) is 4.98 Å². The Morgan fingerprint density at radius 3 is 2.47 bits per heavy atom. The standard InChI is InChI=1S/C7H3Cl2F3N2O/c8-5-1-4(7(10,11)12)3(2-13-15)6(9)14-5/h1H,2H2. The number of halogens is 5. The van der Waals surface area contributed by atoms with Crippen LogP contribution < -0.4 is 0 Å². The molecule has 0 radical (unpaired) electrons. The molecule has 0 fully saturated rings. The Morgan fingerprint density at radius 2 is 2.00 bits per heavy atom. The fraction of sp³-hybridized carbons (Fsp3) is 0.286. The van der Waals surface area contributed by atoms with E-state index in [0.717, 1.165) is 0 Å². The zero-order chi connectivity index (χ0) is 11.6. The summed E-state index contributed by atoms with van der Waals surface area (Å²) in [5.74, 6) is 0. The highest BCUT2D eigenvalue weighted by molar-refractivity contribution is 6.33. The lowest BCUT2D eigenvalue weighted by atomic mass is 10.1. The lowest BCUT2D eigenvalue weighted by Gasteiger charge is -2.11. The van der Waals surface area contributed by atoms with Gasteiger partial charge in [0.05, 0.1) is 5.56 Å². The Kier molecular flexibility index (Phi) is 3.51. The van der Waals surface area contributed by atoms with E-state index in [1.54, 1.807) is 0 Å². The van der Waals surface area contributed by atoms with Gasteiger partial charge < -0.3 is 0 Å². The van der Waals surface area contributed by atoms with Gasteiger partial charge in [0.15, 0.2) is 0 Å². The summed E-state index contributed by atoms with van der Waals surface area (Å²) >= 11 is 10.7. The molecule has 0 atom stereocenters. The van der Waals surface area contributed by atoms with Crippen LogP contribution in [0.3, 0.4) is 0 Å². The Balaban J connectivity index is 3.39. The van der Waals surface area contributed by atoms with E-state index in [9.17, 15) is 18.1 Å². The fourth-order valence-electron chi connectivity index (χ4n) is 0.979. The predicted molar refractivity (Wildman–Crippen MR) is 48.8 cm³/mol. The molecule has 1 rings (SSSR count). The van der Waals surface area contributed by atoms with Gasteiger partial charge in [-0.2, -0.15) is 18.1 Å². The van der Waals surface area contributed by atoms with Crippen molar-refractivity contribution in [3.05, 3.63) is 32.4 Å². The van der Waals surface area contributed by atoms with E-state index in [1.165, 1.54) is 0 Å². The van der Waals surface area contributed by atoms with Crippen LogP contribution in [0.15, 0.2) is 11.2 Å². The molecule has 1 aromatic heterocycles. The van der Waals surface area contributed by atoms with Crippen LogP contribution in [0, 0.1) is 4.91 Å². The molecule has 0 aliphatic carbocycles. The van der Waals surface area contributed by atoms with Gasteiger partial charge in [0, 0.05) is 5.56 Å². The summed E-state index contributed by atoms with van der Waals surface area (Å²) in [4.78, 5) is 13.4. The van der Waals surface area contributed by atoms with Gasteiger partial charge in [-0.15, -0.1) is 0 Å². The molecule has 0 unspecified atom stereocenters. The van der Waals surface area contributed by atoms with E-state index >= 15 is 0 Å². The average molecular weight is 259 g/mol. The average Bonchev–Trinajstić information content (AvgIpc) is 2.07. The van der Waals surface area contributed by atoms with E-state index < -0.39 is 29.0 Å². The highest BCUT2D eigenvalue weighted by atomic mass is 35.5. The monoisotopic (exact) mass is 258 g/mol. The largest absolute Gasteiger partial charge is 0.416 e. The Hall–Kier alpha value is -0.880. The lowest BCUT2D eigenvalue weighted by Crippen LogP contribution is -2.10. The van der Waals surface area contributed by atoms with Crippen LogP contribution in [0.25, 0.3) is 0 Å². The number of aromatic nitrogens is 1. The summed E-state index contributed by atoms with van der Waals surface area (Å²) in [5.41, 5.74) is -1.56. The van der Waals surface area contributed by atoms with Gasteiger partial charge in [0.1, 0.15) is 16.9 Å². The van der Waals surface area contributed by atoms with Crippen LogP contribution in [0.1, 0.15) is 11.1 Å². The number of nitrogens with zero attached hydrogens (tertiary/aromatic N) is 2. The smallest absolute Gasteiger partial charge is 0.224 e. The minimum atomic E-state index is -4.64.